The Balaban J connectivity index is 1.40. The molecule has 4 rings (SSSR count). The number of nitrogens with one attached hydrogen (secondary N) is 1. The lowest BCUT2D eigenvalue weighted by Crippen LogP contribution is -2.35. The van der Waals surface area contributed by atoms with Gasteiger partial charge in [0.2, 0.25) is 0 Å². The topological polar surface area (TPSA) is 86.5 Å². The summed E-state index contributed by atoms with van der Waals surface area (Å²) < 4.78 is 16.5. The molecule has 1 atom stereocenters. The van der Waals surface area contributed by atoms with Crippen LogP contribution in [-0.2, 0) is 11.3 Å². The summed E-state index contributed by atoms with van der Waals surface area (Å²) in [6, 6.07) is 13.3. The lowest BCUT2D eigenvalue weighted by molar-refractivity contribution is 0.0925. The Morgan fingerprint density at radius 2 is 2.11 bits per heavy atom. The molecular weight excluding hydrogens is 358 g/mol. The molecule has 3 aromatic rings. The van der Waals surface area contributed by atoms with Gasteiger partial charge in [0.1, 0.15) is 29.5 Å². The van der Waals surface area contributed by atoms with Crippen molar-refractivity contribution in [3.8, 4) is 17.0 Å². The molecule has 1 fully saturated rings. The normalized spacial score (nSPS) is 16.1. The van der Waals surface area contributed by atoms with Crippen LogP contribution in [0.4, 0.5) is 0 Å². The van der Waals surface area contributed by atoms with Crippen LogP contribution in [-0.4, -0.2) is 35.3 Å². The standard InChI is InChI=1S/C21H21N3O4/c1-14-18(20(24-28-14)15-5-3-2-4-6-15)13-27-17-7-8-19(22-11-17)21(25)23-16-9-10-26-12-16/h2-8,11,16H,9-10,12-13H2,1H3,(H,23,25). The van der Waals surface area contributed by atoms with E-state index in [1.807, 2.05) is 37.3 Å². The van der Waals surface area contributed by atoms with Gasteiger partial charge < -0.3 is 19.3 Å². The van der Waals surface area contributed by atoms with Gasteiger partial charge in [-0.1, -0.05) is 35.5 Å². The molecule has 7 nitrogen and oxygen atoms in total. The summed E-state index contributed by atoms with van der Waals surface area (Å²) in [5.74, 6) is 1.07. The van der Waals surface area contributed by atoms with Crippen molar-refractivity contribution >= 4 is 5.91 Å². The van der Waals surface area contributed by atoms with E-state index in [0.717, 1.165) is 23.2 Å². The fourth-order valence-electron chi connectivity index (χ4n) is 3.05. The number of aryl methyl sites for hydroxylation is 1. The number of amides is 1. The van der Waals surface area contributed by atoms with Crippen LogP contribution in [0.1, 0.15) is 28.2 Å². The zero-order chi connectivity index (χ0) is 19.3. The minimum atomic E-state index is -0.205. The second-order valence-electron chi connectivity index (χ2n) is 6.63. The van der Waals surface area contributed by atoms with Crippen LogP contribution in [0.25, 0.3) is 11.3 Å². The Morgan fingerprint density at radius 1 is 1.25 bits per heavy atom. The molecule has 0 bridgehead atoms. The van der Waals surface area contributed by atoms with E-state index in [9.17, 15) is 4.79 Å². The fraction of sp³-hybridized carbons (Fsp3) is 0.286. The van der Waals surface area contributed by atoms with Crippen LogP contribution in [0.5, 0.6) is 5.75 Å². The highest BCUT2D eigenvalue weighted by Gasteiger charge is 2.19. The number of nitrogens with zero attached hydrogens (tertiary/aromatic N) is 2. The summed E-state index contributed by atoms with van der Waals surface area (Å²) in [7, 11) is 0. The smallest absolute Gasteiger partial charge is 0.270 e. The van der Waals surface area contributed by atoms with Gasteiger partial charge in [-0.25, -0.2) is 4.98 Å². The van der Waals surface area contributed by atoms with Crippen molar-refractivity contribution in [2.75, 3.05) is 13.2 Å². The van der Waals surface area contributed by atoms with Crippen molar-refractivity contribution in [2.45, 2.75) is 26.0 Å². The SMILES string of the molecule is Cc1onc(-c2ccccc2)c1COc1ccc(C(=O)NC2CCOC2)nc1. The van der Waals surface area contributed by atoms with Gasteiger partial charge >= 0.3 is 0 Å². The first kappa shape index (κ1) is 18.2. The zero-order valence-electron chi connectivity index (χ0n) is 15.6. The monoisotopic (exact) mass is 379 g/mol. The van der Waals surface area contributed by atoms with Crippen LogP contribution in [0, 0.1) is 6.92 Å². The highest BCUT2D eigenvalue weighted by atomic mass is 16.5. The van der Waals surface area contributed by atoms with Gasteiger partial charge in [-0.05, 0) is 25.5 Å². The first-order valence-corrected chi connectivity index (χ1v) is 9.19. The average Bonchev–Trinajstić information content (AvgIpc) is 3.37. The van der Waals surface area contributed by atoms with Crippen molar-refractivity contribution in [3.63, 3.8) is 0 Å². The predicted octanol–water partition coefficient (Wildman–Crippen LogP) is 3.14. The summed E-state index contributed by atoms with van der Waals surface area (Å²) in [6.07, 6.45) is 2.37. The molecule has 28 heavy (non-hydrogen) atoms. The van der Waals surface area contributed by atoms with E-state index in [0.29, 0.717) is 37.0 Å². The third kappa shape index (κ3) is 4.04. The molecule has 1 aliphatic rings. The van der Waals surface area contributed by atoms with Gasteiger partial charge in [-0.2, -0.15) is 0 Å². The Bertz CT molecular complexity index is 932. The second kappa shape index (κ2) is 8.22. The van der Waals surface area contributed by atoms with Gasteiger partial charge in [-0.3, -0.25) is 4.79 Å². The summed E-state index contributed by atoms with van der Waals surface area (Å²) >= 11 is 0. The number of ether oxygens (including phenoxy) is 2. The van der Waals surface area contributed by atoms with Crippen molar-refractivity contribution in [2.24, 2.45) is 0 Å². The van der Waals surface area contributed by atoms with Crippen LogP contribution in [0.2, 0.25) is 0 Å². The fourth-order valence-corrected chi connectivity index (χ4v) is 3.05. The largest absolute Gasteiger partial charge is 0.487 e. The number of pyridine rings is 1. The third-order valence-corrected chi connectivity index (χ3v) is 4.65. The number of aromatic nitrogens is 2. The molecule has 0 aliphatic carbocycles. The molecular formula is C21H21N3O4. The Hall–Kier alpha value is -3.19. The number of hydrogen-bond acceptors (Lipinski definition) is 6. The van der Waals surface area contributed by atoms with Crippen molar-refractivity contribution < 1.29 is 18.8 Å². The number of rotatable bonds is 6. The summed E-state index contributed by atoms with van der Waals surface area (Å²) in [6.45, 7) is 3.38. The van der Waals surface area contributed by atoms with Crippen molar-refractivity contribution in [3.05, 3.63) is 65.7 Å². The average molecular weight is 379 g/mol. The van der Waals surface area contributed by atoms with E-state index in [1.165, 1.54) is 0 Å². The quantitative estimate of drug-likeness (QED) is 0.708. The maximum atomic E-state index is 12.2. The van der Waals surface area contributed by atoms with Crippen LogP contribution in [0.3, 0.4) is 0 Å². The molecule has 0 radical (unpaired) electrons. The Kier molecular flexibility index (Phi) is 5.34. The third-order valence-electron chi connectivity index (χ3n) is 4.65. The molecule has 1 aromatic carbocycles. The number of benzene rings is 1. The molecule has 1 N–H and O–H groups in total. The molecule has 144 valence electrons. The number of carbonyl (C=O) groups is 1. The molecule has 0 spiro atoms. The summed E-state index contributed by atoms with van der Waals surface area (Å²) in [5.41, 5.74) is 2.97. The second-order valence-corrected chi connectivity index (χ2v) is 6.63. The molecule has 1 aliphatic heterocycles. The van der Waals surface area contributed by atoms with Crippen LogP contribution < -0.4 is 10.1 Å². The Morgan fingerprint density at radius 3 is 2.82 bits per heavy atom. The maximum Gasteiger partial charge on any atom is 0.270 e. The van der Waals surface area contributed by atoms with E-state index in [-0.39, 0.29) is 11.9 Å². The van der Waals surface area contributed by atoms with E-state index >= 15 is 0 Å². The number of carbonyl (C=O) groups excluding carboxylic acids is 1. The zero-order valence-corrected chi connectivity index (χ0v) is 15.6. The van der Waals surface area contributed by atoms with E-state index < -0.39 is 0 Å². The van der Waals surface area contributed by atoms with Crippen LogP contribution >= 0.6 is 0 Å². The van der Waals surface area contributed by atoms with E-state index in [1.54, 1.807) is 18.3 Å². The van der Waals surface area contributed by atoms with Crippen molar-refractivity contribution in [1.29, 1.82) is 0 Å². The molecule has 2 aromatic heterocycles. The van der Waals surface area contributed by atoms with Gasteiger partial charge in [0.05, 0.1) is 24.4 Å². The molecule has 1 saturated heterocycles. The van der Waals surface area contributed by atoms with Gasteiger partial charge in [0.25, 0.3) is 5.91 Å². The predicted molar refractivity (Wildman–Crippen MR) is 102 cm³/mol. The minimum absolute atomic E-state index is 0.0539. The highest BCUT2D eigenvalue weighted by Crippen LogP contribution is 2.26. The summed E-state index contributed by atoms with van der Waals surface area (Å²) in [4.78, 5) is 16.4. The Labute approximate surface area is 162 Å². The first-order chi connectivity index (χ1) is 13.7. The lowest BCUT2D eigenvalue weighted by Gasteiger charge is -2.10. The molecule has 3 heterocycles. The van der Waals surface area contributed by atoms with Gasteiger partial charge in [-0.15, -0.1) is 0 Å². The summed E-state index contributed by atoms with van der Waals surface area (Å²) in [5, 5.41) is 7.06. The van der Waals surface area contributed by atoms with E-state index in [2.05, 4.69) is 15.5 Å². The van der Waals surface area contributed by atoms with Gasteiger partial charge in [0.15, 0.2) is 0 Å². The van der Waals surface area contributed by atoms with Crippen molar-refractivity contribution in [1.82, 2.24) is 15.5 Å². The first-order valence-electron chi connectivity index (χ1n) is 9.19. The molecule has 7 heteroatoms. The van der Waals surface area contributed by atoms with E-state index in [4.69, 9.17) is 14.0 Å². The molecule has 1 unspecified atom stereocenters. The maximum absolute atomic E-state index is 12.2. The molecule has 0 saturated carbocycles. The number of hydrogen-bond donors (Lipinski definition) is 1. The van der Waals surface area contributed by atoms with Crippen LogP contribution in [0.15, 0.2) is 53.2 Å². The molecule has 1 amide bonds. The lowest BCUT2D eigenvalue weighted by atomic mass is 10.1. The highest BCUT2D eigenvalue weighted by molar-refractivity contribution is 5.92. The van der Waals surface area contributed by atoms with Gasteiger partial charge in [0, 0.05) is 12.2 Å². The minimum Gasteiger partial charge on any atom is -0.487 e.